The van der Waals surface area contributed by atoms with Gasteiger partial charge in [-0.3, -0.25) is 19.6 Å². The maximum atomic E-state index is 13.6. The summed E-state index contributed by atoms with van der Waals surface area (Å²) in [5.41, 5.74) is 5.28. The van der Waals surface area contributed by atoms with Gasteiger partial charge < -0.3 is 4.74 Å². The molecule has 3 aromatic rings. The fraction of sp³-hybridized carbons (Fsp3) is 0.267. The molecular weight excluding hydrogens is 436 g/mol. The second-order valence-corrected chi connectivity index (χ2v) is 9.19. The topological polar surface area (TPSA) is 68.6 Å². The Kier molecular flexibility index (Phi) is 6.66. The van der Waals surface area contributed by atoms with E-state index < -0.39 is 11.8 Å². The SMILES string of the molecule is CC1=NC2=C(C(=O)C[C@H](c3ccccc3)C2)[C@H](c2ccncc2)C1C(=O)OCCc1ccccc1. The fourth-order valence-electron chi connectivity index (χ4n) is 5.26. The van der Waals surface area contributed by atoms with Gasteiger partial charge >= 0.3 is 5.97 Å². The Morgan fingerprint density at radius 2 is 1.60 bits per heavy atom. The van der Waals surface area contributed by atoms with Crippen LogP contribution in [0.5, 0.6) is 0 Å². The standard InChI is InChI=1S/C30H28N2O3/c1-20-27(30(34)35-17-14-21-8-4-2-5-9-21)28(23-12-15-31-16-13-23)29-25(32-20)18-24(19-26(29)33)22-10-6-3-7-11-22/h2-13,15-16,24,27-28H,14,17-19H2,1H3/t24-,27?,28-/m1/s1. The van der Waals surface area contributed by atoms with Gasteiger partial charge in [0.05, 0.1) is 6.61 Å². The molecule has 0 N–H and O–H groups in total. The van der Waals surface area contributed by atoms with Gasteiger partial charge in [-0.2, -0.15) is 0 Å². The number of pyridine rings is 1. The van der Waals surface area contributed by atoms with E-state index in [0.717, 1.165) is 22.4 Å². The highest BCUT2D eigenvalue weighted by Crippen LogP contribution is 2.46. The molecule has 3 atom stereocenters. The third kappa shape index (κ3) is 4.85. The third-order valence-corrected chi connectivity index (χ3v) is 6.96. The van der Waals surface area contributed by atoms with Crippen LogP contribution in [0.1, 0.15) is 48.3 Å². The molecule has 2 aliphatic rings. The Bertz CT molecular complexity index is 1270. The summed E-state index contributed by atoms with van der Waals surface area (Å²) in [6.45, 7) is 2.16. The first-order valence-electron chi connectivity index (χ1n) is 12.1. The van der Waals surface area contributed by atoms with E-state index in [4.69, 9.17) is 9.73 Å². The van der Waals surface area contributed by atoms with E-state index in [0.29, 0.717) is 30.5 Å². The van der Waals surface area contributed by atoms with Crippen molar-refractivity contribution < 1.29 is 14.3 Å². The molecule has 0 saturated carbocycles. The molecule has 0 radical (unpaired) electrons. The quantitative estimate of drug-likeness (QED) is 0.456. The van der Waals surface area contributed by atoms with Crippen molar-refractivity contribution in [3.63, 3.8) is 0 Å². The summed E-state index contributed by atoms with van der Waals surface area (Å²) in [5, 5.41) is 0. The van der Waals surface area contributed by atoms with E-state index >= 15 is 0 Å². The first kappa shape index (κ1) is 22.9. The molecule has 2 heterocycles. The van der Waals surface area contributed by atoms with Crippen LogP contribution < -0.4 is 0 Å². The first-order valence-corrected chi connectivity index (χ1v) is 12.1. The zero-order valence-electron chi connectivity index (χ0n) is 19.8. The molecule has 1 aromatic heterocycles. The molecule has 2 aromatic carbocycles. The molecule has 1 aliphatic heterocycles. The number of hydrogen-bond donors (Lipinski definition) is 0. The van der Waals surface area contributed by atoms with Crippen molar-refractivity contribution in [2.75, 3.05) is 6.61 Å². The molecular formula is C30H28N2O3. The zero-order valence-corrected chi connectivity index (χ0v) is 19.8. The predicted octanol–water partition coefficient (Wildman–Crippen LogP) is 5.44. The number of aliphatic imine (C=N–C) groups is 1. The molecule has 35 heavy (non-hydrogen) atoms. The minimum atomic E-state index is -0.635. The molecule has 5 heteroatoms. The minimum Gasteiger partial charge on any atom is -0.465 e. The second-order valence-electron chi connectivity index (χ2n) is 9.19. The van der Waals surface area contributed by atoms with Gasteiger partial charge in [-0.1, -0.05) is 60.7 Å². The molecule has 0 fully saturated rings. The number of benzene rings is 2. The summed E-state index contributed by atoms with van der Waals surface area (Å²) in [4.78, 5) is 35.9. The number of ketones is 1. The number of rotatable bonds is 6. The minimum absolute atomic E-state index is 0.0558. The number of hydrogen-bond acceptors (Lipinski definition) is 5. The average molecular weight is 465 g/mol. The number of Topliss-reactive ketones (excluding diaryl/α,β-unsaturated/α-hetero) is 1. The van der Waals surface area contributed by atoms with E-state index in [1.807, 2.05) is 67.6 Å². The second kappa shape index (κ2) is 10.2. The lowest BCUT2D eigenvalue weighted by Crippen LogP contribution is -2.38. The maximum absolute atomic E-state index is 13.6. The summed E-state index contributed by atoms with van der Waals surface area (Å²) in [6.07, 6.45) is 5.14. The Hall–Kier alpha value is -3.86. The number of ether oxygens (including phenoxy) is 1. The van der Waals surface area contributed by atoms with Crippen LogP contribution >= 0.6 is 0 Å². The molecule has 1 aliphatic carbocycles. The summed E-state index contributed by atoms with van der Waals surface area (Å²) in [7, 11) is 0. The Morgan fingerprint density at radius 1 is 0.914 bits per heavy atom. The maximum Gasteiger partial charge on any atom is 0.315 e. The van der Waals surface area contributed by atoms with Gasteiger partial charge in [-0.15, -0.1) is 0 Å². The molecule has 5 nitrogen and oxygen atoms in total. The Balaban J connectivity index is 1.44. The summed E-state index contributed by atoms with van der Waals surface area (Å²) in [5.74, 6) is -1.25. The molecule has 0 bridgehead atoms. The van der Waals surface area contributed by atoms with Crippen LogP contribution in [-0.4, -0.2) is 29.1 Å². The predicted molar refractivity (Wildman–Crippen MR) is 135 cm³/mol. The van der Waals surface area contributed by atoms with Crippen molar-refractivity contribution in [1.29, 1.82) is 0 Å². The Labute approximate surface area is 205 Å². The number of carbonyl (C=O) groups is 2. The lowest BCUT2D eigenvalue weighted by atomic mass is 9.69. The van der Waals surface area contributed by atoms with E-state index in [9.17, 15) is 9.59 Å². The van der Waals surface area contributed by atoms with Crippen LogP contribution in [-0.2, 0) is 20.7 Å². The number of esters is 1. The largest absolute Gasteiger partial charge is 0.465 e. The van der Waals surface area contributed by atoms with E-state index in [-0.39, 0.29) is 24.3 Å². The number of allylic oxidation sites excluding steroid dienone is 2. The van der Waals surface area contributed by atoms with Crippen LogP contribution in [0, 0.1) is 5.92 Å². The third-order valence-electron chi connectivity index (χ3n) is 6.96. The average Bonchev–Trinajstić information content (AvgIpc) is 2.89. The normalized spacial score (nSPS) is 21.8. The highest BCUT2D eigenvalue weighted by molar-refractivity contribution is 6.09. The monoisotopic (exact) mass is 464 g/mol. The summed E-state index contributed by atoms with van der Waals surface area (Å²) in [6, 6.07) is 23.8. The van der Waals surface area contributed by atoms with Crippen LogP contribution in [0.4, 0.5) is 0 Å². The van der Waals surface area contributed by atoms with Gasteiger partial charge in [-0.25, -0.2) is 0 Å². The van der Waals surface area contributed by atoms with Crippen molar-refractivity contribution in [3.05, 3.63) is 113 Å². The van der Waals surface area contributed by atoms with E-state index in [1.54, 1.807) is 12.4 Å². The molecule has 1 unspecified atom stereocenters. The number of carbonyl (C=O) groups excluding carboxylic acids is 2. The van der Waals surface area contributed by atoms with Gasteiger partial charge in [0.1, 0.15) is 5.92 Å². The number of aromatic nitrogens is 1. The van der Waals surface area contributed by atoms with Crippen LogP contribution in [0.3, 0.4) is 0 Å². The lowest BCUT2D eigenvalue weighted by Gasteiger charge is -2.36. The highest BCUT2D eigenvalue weighted by Gasteiger charge is 2.44. The lowest BCUT2D eigenvalue weighted by molar-refractivity contribution is -0.146. The summed E-state index contributed by atoms with van der Waals surface area (Å²) < 4.78 is 5.74. The molecule has 176 valence electrons. The molecule has 0 amide bonds. The van der Waals surface area contributed by atoms with Crippen molar-refractivity contribution >= 4 is 17.5 Å². The molecule has 0 saturated heterocycles. The smallest absolute Gasteiger partial charge is 0.315 e. The van der Waals surface area contributed by atoms with Gasteiger partial charge in [0.15, 0.2) is 5.78 Å². The van der Waals surface area contributed by atoms with E-state index in [1.165, 1.54) is 0 Å². The van der Waals surface area contributed by atoms with Gasteiger partial charge in [0, 0.05) is 48.1 Å². The van der Waals surface area contributed by atoms with Crippen molar-refractivity contribution in [2.24, 2.45) is 10.9 Å². The van der Waals surface area contributed by atoms with E-state index in [2.05, 4.69) is 17.1 Å². The van der Waals surface area contributed by atoms with Crippen molar-refractivity contribution in [1.82, 2.24) is 4.98 Å². The van der Waals surface area contributed by atoms with Crippen molar-refractivity contribution in [3.8, 4) is 0 Å². The highest BCUT2D eigenvalue weighted by atomic mass is 16.5. The fourth-order valence-corrected chi connectivity index (χ4v) is 5.26. The van der Waals surface area contributed by atoms with Gasteiger partial charge in [0.2, 0.25) is 0 Å². The molecule has 0 spiro atoms. The van der Waals surface area contributed by atoms with Crippen LogP contribution in [0.15, 0.2) is 101 Å². The van der Waals surface area contributed by atoms with Crippen LogP contribution in [0.2, 0.25) is 0 Å². The first-order chi connectivity index (χ1) is 17.1. The number of nitrogens with zero attached hydrogens (tertiary/aromatic N) is 2. The molecule has 5 rings (SSSR count). The zero-order chi connectivity index (χ0) is 24.2. The van der Waals surface area contributed by atoms with Crippen molar-refractivity contribution in [2.45, 2.75) is 38.0 Å². The summed E-state index contributed by atoms with van der Waals surface area (Å²) >= 11 is 0. The Morgan fingerprint density at radius 3 is 2.31 bits per heavy atom. The van der Waals surface area contributed by atoms with Crippen LogP contribution in [0.25, 0.3) is 0 Å². The van der Waals surface area contributed by atoms with Gasteiger partial charge in [-0.05, 0) is 48.1 Å². The van der Waals surface area contributed by atoms with Gasteiger partial charge in [0.25, 0.3) is 0 Å².